The second kappa shape index (κ2) is 1.97. The van der Waals surface area contributed by atoms with Gasteiger partial charge in [-0.1, -0.05) is 27.7 Å². The maximum Gasteiger partial charge on any atom is 0.0550 e. The quantitative estimate of drug-likeness (QED) is 0.549. The van der Waals surface area contributed by atoms with Gasteiger partial charge in [0.25, 0.3) is 0 Å². The Morgan fingerprint density at radius 1 is 1.00 bits per heavy atom. The Morgan fingerprint density at radius 2 is 1.30 bits per heavy atom. The molecule has 0 aromatic rings. The van der Waals surface area contributed by atoms with Crippen LogP contribution in [0.2, 0.25) is 0 Å². The van der Waals surface area contributed by atoms with Gasteiger partial charge >= 0.3 is 0 Å². The van der Waals surface area contributed by atoms with E-state index in [2.05, 4.69) is 27.7 Å². The topological polar surface area (TPSA) is 20.2 Å². The lowest BCUT2D eigenvalue weighted by molar-refractivity contribution is 0.157. The van der Waals surface area contributed by atoms with Crippen LogP contribution < -0.4 is 0 Å². The van der Waals surface area contributed by atoms with Gasteiger partial charge in [-0.3, -0.25) is 0 Å². The number of aliphatic hydroxyl groups is 1. The van der Waals surface area contributed by atoms with Crippen molar-refractivity contribution in [3.05, 3.63) is 0 Å². The normalized spacial score (nSPS) is 30.9. The maximum atomic E-state index is 9.40. The van der Waals surface area contributed by atoms with Crippen molar-refractivity contribution < 1.29 is 5.11 Å². The fourth-order valence-corrected chi connectivity index (χ4v) is 1.80. The van der Waals surface area contributed by atoms with Crippen molar-refractivity contribution in [2.24, 2.45) is 10.8 Å². The van der Waals surface area contributed by atoms with E-state index in [9.17, 15) is 5.11 Å². The smallest absolute Gasteiger partial charge is 0.0550 e. The van der Waals surface area contributed by atoms with Crippen LogP contribution in [0.1, 0.15) is 40.5 Å². The molecule has 0 heterocycles. The molecule has 0 unspecified atom stereocenters. The highest BCUT2D eigenvalue weighted by molar-refractivity contribution is 4.95. The first kappa shape index (κ1) is 8.06. The predicted octanol–water partition coefficient (Wildman–Crippen LogP) is 2.19. The molecule has 1 saturated carbocycles. The van der Waals surface area contributed by atoms with Gasteiger partial charge in [-0.25, -0.2) is 0 Å². The van der Waals surface area contributed by atoms with Gasteiger partial charge in [-0.15, -0.1) is 0 Å². The predicted molar refractivity (Wildman–Crippen MR) is 42.8 cm³/mol. The van der Waals surface area contributed by atoms with Crippen LogP contribution in [0, 0.1) is 10.8 Å². The fraction of sp³-hybridized carbons (Fsp3) is 1.00. The zero-order chi connectivity index (χ0) is 7.99. The summed E-state index contributed by atoms with van der Waals surface area (Å²) in [6.07, 6.45) is 1.85. The highest BCUT2D eigenvalue weighted by Crippen LogP contribution is 2.51. The number of rotatable bonds is 0. The van der Waals surface area contributed by atoms with Crippen molar-refractivity contribution in [3.63, 3.8) is 0 Å². The van der Waals surface area contributed by atoms with E-state index in [1.807, 2.05) is 0 Å². The summed E-state index contributed by atoms with van der Waals surface area (Å²) in [5.74, 6) is 0. The van der Waals surface area contributed by atoms with Crippen LogP contribution in [0.25, 0.3) is 0 Å². The molecule has 1 fully saturated rings. The minimum atomic E-state index is -0.0648. The molecule has 0 spiro atoms. The lowest BCUT2D eigenvalue weighted by Gasteiger charge is -2.34. The van der Waals surface area contributed by atoms with Crippen molar-refractivity contribution in [1.29, 1.82) is 0 Å². The molecule has 0 radical (unpaired) electrons. The Morgan fingerprint density at radius 3 is 1.40 bits per heavy atom. The van der Waals surface area contributed by atoms with Crippen LogP contribution in [0.5, 0.6) is 0 Å². The van der Waals surface area contributed by atoms with Crippen LogP contribution >= 0.6 is 0 Å². The largest absolute Gasteiger partial charge is 0.393 e. The second-order valence-electron chi connectivity index (χ2n) is 4.83. The lowest BCUT2D eigenvalue weighted by atomic mass is 9.71. The van der Waals surface area contributed by atoms with Gasteiger partial charge in [-0.05, 0) is 23.7 Å². The molecular formula is C9H18O. The summed E-state index contributed by atoms with van der Waals surface area (Å²) >= 11 is 0. The molecule has 1 aliphatic rings. The zero-order valence-corrected chi connectivity index (χ0v) is 7.44. The first-order valence-electron chi connectivity index (χ1n) is 4.03. The second-order valence-corrected chi connectivity index (χ2v) is 4.83. The molecule has 0 aromatic heterocycles. The van der Waals surface area contributed by atoms with Gasteiger partial charge in [0.1, 0.15) is 0 Å². The molecule has 1 N–H and O–H groups in total. The molecule has 1 heteroatoms. The van der Waals surface area contributed by atoms with E-state index in [1.54, 1.807) is 0 Å². The maximum absolute atomic E-state index is 9.40. The summed E-state index contributed by atoms with van der Waals surface area (Å²) in [7, 11) is 0. The van der Waals surface area contributed by atoms with Crippen LogP contribution in [0.3, 0.4) is 0 Å². The molecule has 1 rings (SSSR count). The van der Waals surface area contributed by atoms with E-state index in [-0.39, 0.29) is 6.10 Å². The van der Waals surface area contributed by atoms with Crippen molar-refractivity contribution >= 4 is 0 Å². The third kappa shape index (κ3) is 1.07. The number of hydrogen-bond donors (Lipinski definition) is 1. The molecule has 0 aliphatic heterocycles. The summed E-state index contributed by atoms with van der Waals surface area (Å²) in [5, 5.41) is 9.40. The van der Waals surface area contributed by atoms with Crippen molar-refractivity contribution in [2.45, 2.75) is 46.6 Å². The van der Waals surface area contributed by atoms with E-state index < -0.39 is 0 Å². The minimum absolute atomic E-state index is 0.0648. The Bertz CT molecular complexity index is 120. The molecular weight excluding hydrogens is 124 g/mol. The van der Waals surface area contributed by atoms with Crippen LogP contribution in [-0.4, -0.2) is 11.2 Å². The molecule has 0 amide bonds. The van der Waals surface area contributed by atoms with Gasteiger partial charge in [0.15, 0.2) is 0 Å². The lowest BCUT2D eigenvalue weighted by Crippen LogP contribution is -2.25. The van der Waals surface area contributed by atoms with Crippen molar-refractivity contribution in [2.75, 3.05) is 0 Å². The monoisotopic (exact) mass is 142 g/mol. The summed E-state index contributed by atoms with van der Waals surface area (Å²) in [6.45, 7) is 8.96. The average molecular weight is 142 g/mol. The first-order valence-corrected chi connectivity index (χ1v) is 4.03. The van der Waals surface area contributed by atoms with E-state index in [0.29, 0.717) is 10.8 Å². The molecule has 0 atom stereocenters. The number of hydrogen-bond acceptors (Lipinski definition) is 1. The minimum Gasteiger partial charge on any atom is -0.393 e. The molecule has 0 bridgehead atoms. The standard InChI is InChI=1S/C9H18O/c1-8(2)5-7(10)6-9(8,3)4/h7,10H,5-6H2,1-4H3. The van der Waals surface area contributed by atoms with Gasteiger partial charge < -0.3 is 5.11 Å². The fourth-order valence-electron chi connectivity index (χ4n) is 1.80. The van der Waals surface area contributed by atoms with E-state index >= 15 is 0 Å². The average Bonchev–Trinajstić information content (AvgIpc) is 1.73. The molecule has 10 heavy (non-hydrogen) atoms. The Hall–Kier alpha value is -0.0400. The van der Waals surface area contributed by atoms with Crippen molar-refractivity contribution in [3.8, 4) is 0 Å². The molecule has 0 saturated heterocycles. The number of aliphatic hydroxyl groups excluding tert-OH is 1. The molecule has 1 nitrogen and oxygen atoms in total. The third-order valence-corrected chi connectivity index (χ3v) is 3.32. The highest BCUT2D eigenvalue weighted by Gasteiger charge is 2.45. The Balaban J connectivity index is 2.78. The SMILES string of the molecule is CC1(C)CC(O)CC1(C)C. The first-order chi connectivity index (χ1) is 4.35. The van der Waals surface area contributed by atoms with Crippen molar-refractivity contribution in [1.82, 2.24) is 0 Å². The zero-order valence-electron chi connectivity index (χ0n) is 7.44. The van der Waals surface area contributed by atoms with Gasteiger partial charge in [0.05, 0.1) is 6.10 Å². The Labute approximate surface area is 63.4 Å². The van der Waals surface area contributed by atoms with E-state index in [0.717, 1.165) is 12.8 Å². The summed E-state index contributed by atoms with van der Waals surface area (Å²) in [4.78, 5) is 0. The Kier molecular flexibility index (Phi) is 1.59. The van der Waals surface area contributed by atoms with Crippen LogP contribution in [0.4, 0.5) is 0 Å². The summed E-state index contributed by atoms with van der Waals surface area (Å²) < 4.78 is 0. The van der Waals surface area contributed by atoms with Crippen LogP contribution in [-0.2, 0) is 0 Å². The third-order valence-electron chi connectivity index (χ3n) is 3.32. The van der Waals surface area contributed by atoms with Crippen LogP contribution in [0.15, 0.2) is 0 Å². The van der Waals surface area contributed by atoms with E-state index in [4.69, 9.17) is 0 Å². The molecule has 1 aliphatic carbocycles. The van der Waals surface area contributed by atoms with Gasteiger partial charge in [-0.2, -0.15) is 0 Å². The van der Waals surface area contributed by atoms with Gasteiger partial charge in [0.2, 0.25) is 0 Å². The summed E-state index contributed by atoms with van der Waals surface area (Å²) in [5.41, 5.74) is 0.624. The summed E-state index contributed by atoms with van der Waals surface area (Å²) in [6, 6.07) is 0. The molecule has 60 valence electrons. The van der Waals surface area contributed by atoms with Gasteiger partial charge in [0, 0.05) is 0 Å². The van der Waals surface area contributed by atoms with E-state index in [1.165, 1.54) is 0 Å². The molecule has 0 aromatic carbocycles. The highest BCUT2D eigenvalue weighted by atomic mass is 16.3.